The molecule has 0 aliphatic carbocycles. The minimum absolute atomic E-state index is 0.213. The van der Waals surface area contributed by atoms with Gasteiger partial charge in [0, 0.05) is 17.5 Å². The molecule has 0 spiro atoms. The van der Waals surface area contributed by atoms with Gasteiger partial charge < -0.3 is 10.1 Å². The number of aryl methyl sites for hydroxylation is 2. The van der Waals surface area contributed by atoms with Gasteiger partial charge in [-0.05, 0) is 36.8 Å². The Labute approximate surface area is 155 Å². The molecule has 0 saturated heterocycles. The van der Waals surface area contributed by atoms with Gasteiger partial charge in [-0.2, -0.15) is 5.10 Å². The first-order valence-corrected chi connectivity index (χ1v) is 8.48. The Morgan fingerprint density at radius 1 is 1.23 bits per heavy atom. The summed E-state index contributed by atoms with van der Waals surface area (Å²) in [4.78, 5) is 24.6. The fourth-order valence-electron chi connectivity index (χ4n) is 2.59. The van der Waals surface area contributed by atoms with Crippen molar-refractivity contribution in [2.24, 2.45) is 7.05 Å². The summed E-state index contributed by atoms with van der Waals surface area (Å²) in [5.74, 6) is 0.333. The first-order chi connectivity index (χ1) is 12.5. The third-order valence-corrected chi connectivity index (χ3v) is 4.38. The number of aromatic nitrogens is 2. The van der Waals surface area contributed by atoms with Gasteiger partial charge in [0.2, 0.25) is 0 Å². The summed E-state index contributed by atoms with van der Waals surface area (Å²) < 4.78 is 6.78. The minimum Gasteiger partial charge on any atom is -0.492 e. The summed E-state index contributed by atoms with van der Waals surface area (Å²) in [6.45, 7) is 2.50. The van der Waals surface area contributed by atoms with Crippen molar-refractivity contribution in [2.45, 2.75) is 6.92 Å². The zero-order chi connectivity index (χ0) is 18.7. The molecule has 0 radical (unpaired) electrons. The molecule has 1 N–H and O–H groups in total. The van der Waals surface area contributed by atoms with E-state index in [2.05, 4.69) is 10.4 Å². The van der Waals surface area contributed by atoms with Crippen molar-refractivity contribution in [3.8, 4) is 5.75 Å². The average Bonchev–Trinajstić information content (AvgIpc) is 2.64. The maximum Gasteiger partial charge on any atom is 0.274 e. The molecule has 0 aliphatic heterocycles. The highest BCUT2D eigenvalue weighted by molar-refractivity contribution is 6.31. The number of benzene rings is 2. The van der Waals surface area contributed by atoms with Gasteiger partial charge in [-0.3, -0.25) is 9.59 Å². The largest absolute Gasteiger partial charge is 0.492 e. The predicted octanol–water partition coefficient (Wildman–Crippen LogP) is 2.70. The van der Waals surface area contributed by atoms with E-state index in [9.17, 15) is 9.59 Å². The molecule has 0 unspecified atom stereocenters. The van der Waals surface area contributed by atoms with Crippen molar-refractivity contribution in [2.75, 3.05) is 13.2 Å². The summed E-state index contributed by atoms with van der Waals surface area (Å²) in [6.07, 6.45) is 0. The molecule has 0 bridgehead atoms. The van der Waals surface area contributed by atoms with E-state index in [0.29, 0.717) is 34.7 Å². The SMILES string of the molecule is Cc1cc(OCCNC(=O)c2nn(C)c(=O)c3ccccc23)ccc1Cl. The molecule has 134 valence electrons. The van der Waals surface area contributed by atoms with Crippen molar-refractivity contribution >= 4 is 28.3 Å². The Bertz CT molecular complexity index is 1030. The highest BCUT2D eigenvalue weighted by atomic mass is 35.5. The molecular formula is C19H18ClN3O3. The highest BCUT2D eigenvalue weighted by Crippen LogP contribution is 2.20. The maximum absolute atomic E-state index is 12.5. The van der Waals surface area contributed by atoms with E-state index in [4.69, 9.17) is 16.3 Å². The number of ether oxygens (including phenoxy) is 1. The van der Waals surface area contributed by atoms with Gasteiger partial charge in [0.05, 0.1) is 11.9 Å². The molecule has 2 aromatic carbocycles. The van der Waals surface area contributed by atoms with E-state index < -0.39 is 0 Å². The number of carbonyl (C=O) groups is 1. The van der Waals surface area contributed by atoms with E-state index >= 15 is 0 Å². The first kappa shape index (κ1) is 17.9. The van der Waals surface area contributed by atoms with Crippen LogP contribution in [0.5, 0.6) is 5.75 Å². The molecule has 0 fully saturated rings. The first-order valence-electron chi connectivity index (χ1n) is 8.10. The quantitative estimate of drug-likeness (QED) is 0.700. The third kappa shape index (κ3) is 3.70. The van der Waals surface area contributed by atoms with Crippen LogP contribution in [0.15, 0.2) is 47.3 Å². The standard InChI is InChI=1S/C19H18ClN3O3/c1-12-11-13(7-8-16(12)20)26-10-9-21-18(24)17-14-5-3-4-6-15(14)19(25)23(2)22-17/h3-8,11H,9-10H2,1-2H3,(H,21,24). The van der Waals surface area contributed by atoms with Crippen LogP contribution in [0.1, 0.15) is 16.1 Å². The van der Waals surface area contributed by atoms with Gasteiger partial charge in [-0.15, -0.1) is 0 Å². The zero-order valence-electron chi connectivity index (χ0n) is 14.5. The number of amides is 1. The van der Waals surface area contributed by atoms with Crippen molar-refractivity contribution < 1.29 is 9.53 Å². The minimum atomic E-state index is -0.354. The molecular weight excluding hydrogens is 354 g/mol. The lowest BCUT2D eigenvalue weighted by Crippen LogP contribution is -2.32. The molecule has 0 atom stereocenters. The molecule has 3 aromatic rings. The Balaban J connectivity index is 1.67. The van der Waals surface area contributed by atoms with Gasteiger partial charge in [0.15, 0.2) is 5.69 Å². The fourth-order valence-corrected chi connectivity index (χ4v) is 2.71. The normalized spacial score (nSPS) is 10.7. The summed E-state index contributed by atoms with van der Waals surface area (Å²) >= 11 is 5.98. The maximum atomic E-state index is 12.5. The number of rotatable bonds is 5. The van der Waals surface area contributed by atoms with Crippen molar-refractivity contribution in [1.82, 2.24) is 15.1 Å². The van der Waals surface area contributed by atoms with Crippen LogP contribution in [-0.4, -0.2) is 28.8 Å². The summed E-state index contributed by atoms with van der Waals surface area (Å²) in [5.41, 5.74) is 0.901. The van der Waals surface area contributed by atoms with Crippen LogP contribution in [0, 0.1) is 6.92 Å². The lowest BCUT2D eigenvalue weighted by Gasteiger charge is -2.10. The lowest BCUT2D eigenvalue weighted by atomic mass is 10.1. The van der Waals surface area contributed by atoms with E-state index in [-0.39, 0.29) is 17.2 Å². The summed E-state index contributed by atoms with van der Waals surface area (Å²) in [5, 5.41) is 8.53. The number of halogens is 1. The van der Waals surface area contributed by atoms with Gasteiger partial charge in [-0.25, -0.2) is 4.68 Å². The average molecular weight is 372 g/mol. The second kappa shape index (κ2) is 7.58. The number of nitrogens with one attached hydrogen (secondary N) is 1. The van der Waals surface area contributed by atoms with E-state index in [1.165, 1.54) is 11.7 Å². The van der Waals surface area contributed by atoms with Crippen LogP contribution in [0.2, 0.25) is 5.02 Å². The Hall–Kier alpha value is -2.86. The molecule has 1 amide bonds. The number of fused-ring (bicyclic) bond motifs is 1. The topological polar surface area (TPSA) is 73.2 Å². The van der Waals surface area contributed by atoms with Gasteiger partial charge >= 0.3 is 0 Å². The molecule has 26 heavy (non-hydrogen) atoms. The van der Waals surface area contributed by atoms with Crippen molar-refractivity contribution in [1.29, 1.82) is 0 Å². The van der Waals surface area contributed by atoms with Crippen LogP contribution in [-0.2, 0) is 7.05 Å². The van der Waals surface area contributed by atoms with E-state index in [1.807, 2.05) is 13.0 Å². The second-order valence-electron chi connectivity index (χ2n) is 5.84. The monoisotopic (exact) mass is 371 g/mol. The van der Waals surface area contributed by atoms with Gasteiger partial charge in [0.1, 0.15) is 12.4 Å². The molecule has 3 rings (SSSR count). The number of hydrogen-bond acceptors (Lipinski definition) is 4. The predicted molar refractivity (Wildman–Crippen MR) is 101 cm³/mol. The molecule has 7 heteroatoms. The summed E-state index contributed by atoms with van der Waals surface area (Å²) in [6, 6.07) is 12.3. The van der Waals surface area contributed by atoms with Crippen LogP contribution >= 0.6 is 11.6 Å². The second-order valence-corrected chi connectivity index (χ2v) is 6.25. The number of nitrogens with zero attached hydrogens (tertiary/aromatic N) is 2. The third-order valence-electron chi connectivity index (χ3n) is 3.96. The molecule has 1 aromatic heterocycles. The Morgan fingerprint density at radius 3 is 2.69 bits per heavy atom. The molecule has 0 aliphatic rings. The smallest absolute Gasteiger partial charge is 0.274 e. The van der Waals surface area contributed by atoms with Gasteiger partial charge in [0.25, 0.3) is 11.5 Å². The van der Waals surface area contributed by atoms with Crippen LogP contribution in [0.3, 0.4) is 0 Å². The summed E-state index contributed by atoms with van der Waals surface area (Å²) in [7, 11) is 1.53. The fraction of sp³-hybridized carbons (Fsp3) is 0.211. The van der Waals surface area contributed by atoms with Crippen molar-refractivity contribution in [3.05, 3.63) is 69.1 Å². The molecule has 0 saturated carbocycles. The Kier molecular flexibility index (Phi) is 5.23. The molecule has 1 heterocycles. The van der Waals surface area contributed by atoms with Crippen LogP contribution in [0.25, 0.3) is 10.8 Å². The number of hydrogen-bond donors (Lipinski definition) is 1. The van der Waals surface area contributed by atoms with E-state index in [0.717, 1.165) is 5.56 Å². The molecule has 6 nitrogen and oxygen atoms in total. The highest BCUT2D eigenvalue weighted by Gasteiger charge is 2.15. The zero-order valence-corrected chi connectivity index (χ0v) is 15.2. The van der Waals surface area contributed by atoms with E-state index in [1.54, 1.807) is 36.4 Å². The Morgan fingerprint density at radius 2 is 1.96 bits per heavy atom. The van der Waals surface area contributed by atoms with Gasteiger partial charge in [-0.1, -0.05) is 29.8 Å². The van der Waals surface area contributed by atoms with Crippen molar-refractivity contribution in [3.63, 3.8) is 0 Å². The van der Waals surface area contributed by atoms with Crippen LogP contribution in [0.4, 0.5) is 0 Å². The van der Waals surface area contributed by atoms with Crippen LogP contribution < -0.4 is 15.6 Å². The number of carbonyl (C=O) groups excluding carboxylic acids is 1. The lowest BCUT2D eigenvalue weighted by molar-refractivity contribution is 0.0941.